The van der Waals surface area contributed by atoms with Crippen molar-refractivity contribution in [2.75, 3.05) is 27.4 Å². The monoisotopic (exact) mass is 224 g/mol. The minimum absolute atomic E-state index is 0.766. The number of pyridine rings is 1. The molecule has 1 aromatic heterocycles. The van der Waals surface area contributed by atoms with Crippen LogP contribution in [0.1, 0.15) is 17.8 Å². The van der Waals surface area contributed by atoms with E-state index in [1.807, 2.05) is 19.1 Å². The molecule has 1 aromatic rings. The lowest BCUT2D eigenvalue weighted by molar-refractivity contribution is 0.194. The van der Waals surface area contributed by atoms with Gasteiger partial charge in [0.2, 0.25) is 0 Å². The van der Waals surface area contributed by atoms with E-state index in [-0.39, 0.29) is 0 Å². The number of aromatic nitrogens is 1. The molecular weight excluding hydrogens is 204 g/mol. The zero-order valence-corrected chi connectivity index (χ0v) is 10.2. The van der Waals surface area contributed by atoms with E-state index in [0.717, 1.165) is 43.3 Å². The van der Waals surface area contributed by atoms with Gasteiger partial charge in [0.05, 0.1) is 12.8 Å². The van der Waals surface area contributed by atoms with Crippen molar-refractivity contribution >= 4 is 0 Å². The van der Waals surface area contributed by atoms with E-state index in [2.05, 4.69) is 10.3 Å². The first-order valence-electron chi connectivity index (χ1n) is 5.47. The predicted octanol–water partition coefficient (Wildman–Crippen LogP) is 1.52. The number of nitrogens with zero attached hydrogens (tertiary/aromatic N) is 1. The molecule has 1 N–H and O–H groups in total. The molecule has 0 aromatic carbocycles. The number of hydrogen-bond acceptors (Lipinski definition) is 4. The minimum atomic E-state index is 0.766. The third-order valence-electron chi connectivity index (χ3n) is 2.22. The third-order valence-corrected chi connectivity index (χ3v) is 2.22. The molecule has 0 bridgehead atoms. The summed E-state index contributed by atoms with van der Waals surface area (Å²) in [6.45, 7) is 4.46. The normalized spacial score (nSPS) is 10.4. The highest BCUT2D eigenvalue weighted by Gasteiger charge is 1.99. The summed E-state index contributed by atoms with van der Waals surface area (Å²) >= 11 is 0. The molecule has 0 fully saturated rings. The summed E-state index contributed by atoms with van der Waals surface area (Å²) in [6.07, 6.45) is 1.01. The van der Waals surface area contributed by atoms with Crippen LogP contribution in [0.5, 0.6) is 5.75 Å². The fourth-order valence-electron chi connectivity index (χ4n) is 1.47. The van der Waals surface area contributed by atoms with Crippen molar-refractivity contribution in [1.29, 1.82) is 0 Å². The number of aryl methyl sites for hydroxylation is 1. The Hall–Kier alpha value is -1.13. The molecule has 0 radical (unpaired) electrons. The van der Waals surface area contributed by atoms with Crippen LogP contribution in [-0.2, 0) is 11.3 Å². The van der Waals surface area contributed by atoms with Gasteiger partial charge in [-0.1, -0.05) is 0 Å². The third kappa shape index (κ3) is 4.59. The first kappa shape index (κ1) is 12.9. The molecule has 0 aliphatic heterocycles. The molecule has 1 rings (SSSR count). The zero-order valence-electron chi connectivity index (χ0n) is 10.2. The SMILES string of the molecule is COCCCNCc1cc(OC)cc(C)n1. The summed E-state index contributed by atoms with van der Waals surface area (Å²) in [7, 11) is 3.39. The summed E-state index contributed by atoms with van der Waals surface area (Å²) in [6, 6.07) is 3.88. The van der Waals surface area contributed by atoms with Gasteiger partial charge in [0.15, 0.2) is 0 Å². The van der Waals surface area contributed by atoms with Gasteiger partial charge in [-0.05, 0) is 19.9 Å². The average Bonchev–Trinajstić information content (AvgIpc) is 2.28. The second-order valence-electron chi connectivity index (χ2n) is 3.66. The first-order valence-corrected chi connectivity index (χ1v) is 5.47. The molecule has 0 unspecified atom stereocenters. The summed E-state index contributed by atoms with van der Waals surface area (Å²) in [5, 5.41) is 3.32. The van der Waals surface area contributed by atoms with Crippen molar-refractivity contribution in [2.45, 2.75) is 19.9 Å². The molecule has 16 heavy (non-hydrogen) atoms. The summed E-state index contributed by atoms with van der Waals surface area (Å²) in [4.78, 5) is 4.43. The molecule has 90 valence electrons. The second kappa shape index (κ2) is 7.19. The maximum absolute atomic E-state index is 5.19. The van der Waals surface area contributed by atoms with E-state index in [1.165, 1.54) is 0 Å². The van der Waals surface area contributed by atoms with Crippen LogP contribution in [0.2, 0.25) is 0 Å². The molecule has 0 aliphatic rings. The van der Waals surface area contributed by atoms with Crippen LogP contribution in [0.15, 0.2) is 12.1 Å². The highest BCUT2D eigenvalue weighted by atomic mass is 16.5. The van der Waals surface area contributed by atoms with E-state index in [9.17, 15) is 0 Å². The van der Waals surface area contributed by atoms with Gasteiger partial charge in [0, 0.05) is 38.1 Å². The van der Waals surface area contributed by atoms with E-state index in [4.69, 9.17) is 9.47 Å². The Kier molecular flexibility index (Phi) is 5.82. The van der Waals surface area contributed by atoms with Crippen LogP contribution in [-0.4, -0.2) is 32.4 Å². The zero-order chi connectivity index (χ0) is 11.8. The minimum Gasteiger partial charge on any atom is -0.497 e. The van der Waals surface area contributed by atoms with Crippen molar-refractivity contribution in [2.24, 2.45) is 0 Å². The van der Waals surface area contributed by atoms with E-state index in [0.29, 0.717) is 0 Å². The van der Waals surface area contributed by atoms with Gasteiger partial charge < -0.3 is 14.8 Å². The second-order valence-corrected chi connectivity index (χ2v) is 3.66. The maximum atomic E-state index is 5.19. The lowest BCUT2D eigenvalue weighted by Crippen LogP contribution is -2.17. The molecule has 1 heterocycles. The van der Waals surface area contributed by atoms with E-state index >= 15 is 0 Å². The van der Waals surface area contributed by atoms with Gasteiger partial charge in [-0.25, -0.2) is 0 Å². The van der Waals surface area contributed by atoms with Gasteiger partial charge in [-0.2, -0.15) is 0 Å². The quantitative estimate of drug-likeness (QED) is 0.713. The maximum Gasteiger partial charge on any atom is 0.122 e. The number of rotatable bonds is 7. The molecule has 0 saturated heterocycles. The van der Waals surface area contributed by atoms with Crippen LogP contribution in [0.4, 0.5) is 0 Å². The Labute approximate surface area is 97.0 Å². The van der Waals surface area contributed by atoms with Crippen molar-refractivity contribution in [1.82, 2.24) is 10.3 Å². The molecule has 4 nitrogen and oxygen atoms in total. The molecule has 0 spiro atoms. The Bertz CT molecular complexity index is 316. The van der Waals surface area contributed by atoms with E-state index in [1.54, 1.807) is 14.2 Å². The van der Waals surface area contributed by atoms with Crippen LogP contribution in [0.25, 0.3) is 0 Å². The summed E-state index contributed by atoms with van der Waals surface area (Å²) in [5.41, 5.74) is 1.99. The first-order chi connectivity index (χ1) is 7.76. The molecular formula is C12H20N2O2. The van der Waals surface area contributed by atoms with Gasteiger partial charge in [-0.3, -0.25) is 4.98 Å². The number of methoxy groups -OCH3 is 2. The number of hydrogen-bond donors (Lipinski definition) is 1. The predicted molar refractivity (Wildman–Crippen MR) is 63.7 cm³/mol. The summed E-state index contributed by atoms with van der Waals surface area (Å²) in [5.74, 6) is 0.862. The van der Waals surface area contributed by atoms with Crippen molar-refractivity contribution in [3.8, 4) is 5.75 Å². The molecule has 0 atom stereocenters. The molecule has 0 saturated carbocycles. The molecule has 4 heteroatoms. The highest BCUT2D eigenvalue weighted by Crippen LogP contribution is 2.12. The number of nitrogens with one attached hydrogen (secondary N) is 1. The van der Waals surface area contributed by atoms with Crippen LogP contribution < -0.4 is 10.1 Å². The Morgan fingerprint density at radius 1 is 1.31 bits per heavy atom. The van der Waals surface area contributed by atoms with E-state index < -0.39 is 0 Å². The van der Waals surface area contributed by atoms with Crippen LogP contribution >= 0.6 is 0 Å². The van der Waals surface area contributed by atoms with Gasteiger partial charge >= 0.3 is 0 Å². The van der Waals surface area contributed by atoms with Crippen LogP contribution in [0, 0.1) is 6.92 Å². The largest absolute Gasteiger partial charge is 0.497 e. The number of ether oxygens (including phenoxy) is 2. The average molecular weight is 224 g/mol. The van der Waals surface area contributed by atoms with Gasteiger partial charge in [-0.15, -0.1) is 0 Å². The Morgan fingerprint density at radius 3 is 2.81 bits per heavy atom. The van der Waals surface area contributed by atoms with Crippen molar-refractivity contribution in [3.63, 3.8) is 0 Å². The lowest BCUT2D eigenvalue weighted by Gasteiger charge is -2.07. The topological polar surface area (TPSA) is 43.4 Å². The molecule has 0 aliphatic carbocycles. The highest BCUT2D eigenvalue weighted by molar-refractivity contribution is 5.26. The standard InChI is InChI=1S/C12H20N2O2/c1-10-7-12(16-3)8-11(14-10)9-13-5-4-6-15-2/h7-8,13H,4-6,9H2,1-3H3. The smallest absolute Gasteiger partial charge is 0.122 e. The van der Waals surface area contributed by atoms with Crippen molar-refractivity contribution < 1.29 is 9.47 Å². The Balaban J connectivity index is 2.38. The van der Waals surface area contributed by atoms with Crippen LogP contribution in [0.3, 0.4) is 0 Å². The molecule has 0 amide bonds. The van der Waals surface area contributed by atoms with Crippen molar-refractivity contribution in [3.05, 3.63) is 23.5 Å². The van der Waals surface area contributed by atoms with Gasteiger partial charge in [0.25, 0.3) is 0 Å². The summed E-state index contributed by atoms with van der Waals surface area (Å²) < 4.78 is 10.2. The fraction of sp³-hybridized carbons (Fsp3) is 0.583. The van der Waals surface area contributed by atoms with Gasteiger partial charge in [0.1, 0.15) is 5.75 Å². The lowest BCUT2D eigenvalue weighted by atomic mass is 10.3. The Morgan fingerprint density at radius 2 is 2.12 bits per heavy atom. The fourth-order valence-corrected chi connectivity index (χ4v) is 1.47.